The zero-order valence-corrected chi connectivity index (χ0v) is 12.8. The Morgan fingerprint density at radius 1 is 1.11 bits per heavy atom. The van der Waals surface area contributed by atoms with Crippen molar-refractivity contribution in [3.8, 4) is 0 Å². The summed E-state index contributed by atoms with van der Waals surface area (Å²) in [6, 6.07) is 5.96. The largest absolute Gasteiger partial charge is 0.317 e. The molecule has 1 heterocycles. The summed E-state index contributed by atoms with van der Waals surface area (Å²) in [4.78, 5) is 0. The van der Waals surface area contributed by atoms with Crippen LogP contribution >= 0.6 is 35.6 Å². The average molecular weight is 309 g/mol. The standard InChI is InChI=1S/C14H19Cl2N.ClH/c15-13-5-4-12(10-14(13)16)3-1-2-11-6-8-17-9-7-11;/h4-5,10-11,17H,1-3,6-9H2;1H. The van der Waals surface area contributed by atoms with Crippen molar-refractivity contribution in [2.45, 2.75) is 32.1 Å². The highest BCUT2D eigenvalue weighted by Gasteiger charge is 2.12. The smallest absolute Gasteiger partial charge is 0.0595 e. The third kappa shape index (κ3) is 4.97. The first-order valence-corrected chi connectivity index (χ1v) is 7.16. The minimum Gasteiger partial charge on any atom is -0.317 e. The van der Waals surface area contributed by atoms with E-state index < -0.39 is 0 Å². The minimum atomic E-state index is 0. The first kappa shape index (κ1) is 16.1. The van der Waals surface area contributed by atoms with Crippen LogP contribution in [0.1, 0.15) is 31.2 Å². The molecule has 0 atom stereocenters. The minimum absolute atomic E-state index is 0. The third-order valence-corrected chi connectivity index (χ3v) is 4.26. The van der Waals surface area contributed by atoms with Crippen molar-refractivity contribution < 1.29 is 0 Å². The van der Waals surface area contributed by atoms with E-state index in [1.807, 2.05) is 12.1 Å². The van der Waals surface area contributed by atoms with Gasteiger partial charge in [-0.2, -0.15) is 0 Å². The monoisotopic (exact) mass is 307 g/mol. The van der Waals surface area contributed by atoms with Gasteiger partial charge < -0.3 is 5.32 Å². The molecule has 1 fully saturated rings. The Balaban J connectivity index is 0.00000162. The molecule has 0 bridgehead atoms. The first-order valence-electron chi connectivity index (χ1n) is 6.40. The number of piperidine rings is 1. The molecule has 0 aliphatic carbocycles. The van der Waals surface area contributed by atoms with E-state index in [4.69, 9.17) is 23.2 Å². The third-order valence-electron chi connectivity index (χ3n) is 3.52. The molecular formula is C14H20Cl3N. The Bertz CT molecular complexity index is 362. The number of halogens is 3. The highest BCUT2D eigenvalue weighted by Crippen LogP contribution is 2.24. The van der Waals surface area contributed by atoms with Crippen molar-refractivity contribution in [1.82, 2.24) is 5.32 Å². The van der Waals surface area contributed by atoms with Crippen molar-refractivity contribution in [3.63, 3.8) is 0 Å². The van der Waals surface area contributed by atoms with Gasteiger partial charge in [0.25, 0.3) is 0 Å². The molecule has 0 saturated carbocycles. The van der Waals surface area contributed by atoms with Gasteiger partial charge in [0, 0.05) is 0 Å². The van der Waals surface area contributed by atoms with Gasteiger partial charge in [0.2, 0.25) is 0 Å². The van der Waals surface area contributed by atoms with Crippen LogP contribution in [0.2, 0.25) is 10.0 Å². The van der Waals surface area contributed by atoms with Crippen LogP contribution in [0.3, 0.4) is 0 Å². The summed E-state index contributed by atoms with van der Waals surface area (Å²) in [7, 11) is 0. The molecule has 1 aliphatic rings. The highest BCUT2D eigenvalue weighted by molar-refractivity contribution is 6.42. The molecule has 1 aromatic carbocycles. The molecular weight excluding hydrogens is 289 g/mol. The maximum Gasteiger partial charge on any atom is 0.0595 e. The Morgan fingerprint density at radius 3 is 2.50 bits per heavy atom. The first-order chi connectivity index (χ1) is 8.25. The summed E-state index contributed by atoms with van der Waals surface area (Å²) in [6.07, 6.45) is 6.37. The molecule has 1 nitrogen and oxygen atoms in total. The number of rotatable bonds is 4. The van der Waals surface area contributed by atoms with E-state index in [0.717, 1.165) is 12.3 Å². The van der Waals surface area contributed by atoms with Gasteiger partial charge in [-0.15, -0.1) is 12.4 Å². The van der Waals surface area contributed by atoms with Crippen LogP contribution in [0.5, 0.6) is 0 Å². The van der Waals surface area contributed by atoms with Gasteiger partial charge in [0.05, 0.1) is 10.0 Å². The van der Waals surface area contributed by atoms with Gasteiger partial charge in [-0.05, 0) is 62.4 Å². The highest BCUT2D eigenvalue weighted by atomic mass is 35.5. The van der Waals surface area contributed by atoms with Crippen molar-refractivity contribution in [3.05, 3.63) is 33.8 Å². The van der Waals surface area contributed by atoms with E-state index >= 15 is 0 Å². The number of benzene rings is 1. The molecule has 1 saturated heterocycles. The Kier molecular flexibility index (Phi) is 7.40. The van der Waals surface area contributed by atoms with E-state index in [1.165, 1.54) is 44.3 Å². The summed E-state index contributed by atoms with van der Waals surface area (Å²) < 4.78 is 0. The fraction of sp³-hybridized carbons (Fsp3) is 0.571. The van der Waals surface area contributed by atoms with Crippen LogP contribution in [-0.2, 0) is 6.42 Å². The van der Waals surface area contributed by atoms with E-state index in [0.29, 0.717) is 10.0 Å². The normalized spacial score (nSPS) is 16.3. The quantitative estimate of drug-likeness (QED) is 0.847. The van der Waals surface area contributed by atoms with Crippen LogP contribution in [0, 0.1) is 5.92 Å². The van der Waals surface area contributed by atoms with Gasteiger partial charge >= 0.3 is 0 Å². The maximum absolute atomic E-state index is 6.00. The van der Waals surface area contributed by atoms with Crippen LogP contribution < -0.4 is 5.32 Å². The SMILES string of the molecule is Cl.Clc1ccc(CCCC2CCNCC2)cc1Cl. The molecule has 0 radical (unpaired) electrons. The second-order valence-corrected chi connectivity index (χ2v) is 5.65. The molecule has 1 aromatic rings. The molecule has 0 spiro atoms. The maximum atomic E-state index is 6.00. The second kappa shape index (κ2) is 8.27. The predicted octanol–water partition coefficient (Wildman–Crippen LogP) is 4.74. The van der Waals surface area contributed by atoms with Crippen molar-refractivity contribution in [1.29, 1.82) is 0 Å². The van der Waals surface area contributed by atoms with Crippen molar-refractivity contribution in [2.75, 3.05) is 13.1 Å². The fourth-order valence-electron chi connectivity index (χ4n) is 2.46. The van der Waals surface area contributed by atoms with Gasteiger partial charge in [-0.1, -0.05) is 35.7 Å². The number of aryl methyl sites for hydroxylation is 1. The molecule has 1 aliphatic heterocycles. The number of nitrogens with one attached hydrogen (secondary N) is 1. The lowest BCUT2D eigenvalue weighted by Crippen LogP contribution is -2.27. The summed E-state index contributed by atoms with van der Waals surface area (Å²) in [5.41, 5.74) is 1.30. The van der Waals surface area contributed by atoms with Gasteiger partial charge in [-0.25, -0.2) is 0 Å². The summed E-state index contributed by atoms with van der Waals surface area (Å²) in [6.45, 7) is 2.38. The number of hydrogen-bond donors (Lipinski definition) is 1. The predicted molar refractivity (Wildman–Crippen MR) is 82.2 cm³/mol. The van der Waals surface area contributed by atoms with Crippen molar-refractivity contribution in [2.24, 2.45) is 5.92 Å². The molecule has 0 unspecified atom stereocenters. The van der Waals surface area contributed by atoms with E-state index in [9.17, 15) is 0 Å². The molecule has 18 heavy (non-hydrogen) atoms. The lowest BCUT2D eigenvalue weighted by atomic mass is 9.92. The van der Waals surface area contributed by atoms with E-state index in [2.05, 4.69) is 11.4 Å². The Hall–Kier alpha value is 0.0500. The molecule has 1 N–H and O–H groups in total. The molecule has 102 valence electrons. The Labute approximate surface area is 126 Å². The molecule has 4 heteroatoms. The number of hydrogen-bond acceptors (Lipinski definition) is 1. The van der Waals surface area contributed by atoms with Gasteiger partial charge in [0.15, 0.2) is 0 Å². The van der Waals surface area contributed by atoms with Gasteiger partial charge in [0.1, 0.15) is 0 Å². The zero-order valence-electron chi connectivity index (χ0n) is 10.4. The fourth-order valence-corrected chi connectivity index (χ4v) is 2.78. The molecule has 0 aromatic heterocycles. The summed E-state index contributed by atoms with van der Waals surface area (Å²) >= 11 is 11.9. The van der Waals surface area contributed by atoms with Crippen LogP contribution in [-0.4, -0.2) is 13.1 Å². The second-order valence-electron chi connectivity index (χ2n) is 4.83. The lowest BCUT2D eigenvalue weighted by molar-refractivity contribution is 0.347. The topological polar surface area (TPSA) is 12.0 Å². The van der Waals surface area contributed by atoms with E-state index in [1.54, 1.807) is 0 Å². The van der Waals surface area contributed by atoms with E-state index in [-0.39, 0.29) is 12.4 Å². The molecule has 0 amide bonds. The van der Waals surface area contributed by atoms with Crippen LogP contribution in [0.15, 0.2) is 18.2 Å². The van der Waals surface area contributed by atoms with Gasteiger partial charge in [-0.3, -0.25) is 0 Å². The zero-order chi connectivity index (χ0) is 12.1. The Morgan fingerprint density at radius 2 is 1.83 bits per heavy atom. The average Bonchev–Trinajstić information content (AvgIpc) is 2.35. The summed E-state index contributed by atoms with van der Waals surface area (Å²) in [5.74, 6) is 0.916. The van der Waals surface area contributed by atoms with Crippen LogP contribution in [0.25, 0.3) is 0 Å². The van der Waals surface area contributed by atoms with Crippen molar-refractivity contribution >= 4 is 35.6 Å². The summed E-state index contributed by atoms with van der Waals surface area (Å²) in [5, 5.41) is 4.72. The lowest BCUT2D eigenvalue weighted by Gasteiger charge is -2.22. The molecule has 2 rings (SSSR count). The van der Waals surface area contributed by atoms with Crippen LogP contribution in [0.4, 0.5) is 0 Å².